The lowest BCUT2D eigenvalue weighted by atomic mass is 9.74. The summed E-state index contributed by atoms with van der Waals surface area (Å²) in [7, 11) is 1.64. The van der Waals surface area contributed by atoms with Gasteiger partial charge in [0.05, 0.1) is 12.1 Å². The van der Waals surface area contributed by atoms with Crippen molar-refractivity contribution in [2.75, 3.05) is 12.4 Å². The first-order chi connectivity index (χ1) is 9.51. The number of ether oxygens (including phenoxy) is 1. The average Bonchev–Trinajstić information content (AvgIpc) is 2.38. The molecule has 2 nitrogen and oxygen atoms in total. The molecule has 2 rings (SSSR count). The molecule has 0 radical (unpaired) electrons. The number of hydrogen-bond donors (Lipinski definition) is 1. The van der Waals surface area contributed by atoms with Crippen LogP contribution in [0, 0.1) is 17.8 Å². The van der Waals surface area contributed by atoms with Gasteiger partial charge in [0.1, 0.15) is 5.75 Å². The monoisotopic (exact) mass is 295 g/mol. The first kappa shape index (κ1) is 15.5. The van der Waals surface area contributed by atoms with E-state index < -0.39 is 0 Å². The molecule has 0 aromatic heterocycles. The molecule has 112 valence electrons. The van der Waals surface area contributed by atoms with Crippen molar-refractivity contribution in [3.05, 3.63) is 23.2 Å². The van der Waals surface area contributed by atoms with Crippen molar-refractivity contribution in [3.8, 4) is 5.75 Å². The normalized spacial score (nSPS) is 26.6. The summed E-state index contributed by atoms with van der Waals surface area (Å²) in [5, 5.41) is 4.36. The van der Waals surface area contributed by atoms with Crippen molar-refractivity contribution in [2.24, 2.45) is 17.8 Å². The SMILES string of the molecule is COc1ccc(NC2CC(C)CCC2C(C)C)cc1Cl. The van der Waals surface area contributed by atoms with E-state index in [1.807, 2.05) is 12.1 Å². The van der Waals surface area contributed by atoms with E-state index in [0.29, 0.717) is 17.0 Å². The Morgan fingerprint density at radius 3 is 2.65 bits per heavy atom. The second kappa shape index (κ2) is 6.71. The van der Waals surface area contributed by atoms with E-state index in [4.69, 9.17) is 16.3 Å². The summed E-state index contributed by atoms with van der Waals surface area (Å²) in [4.78, 5) is 0. The lowest BCUT2D eigenvalue weighted by Gasteiger charge is -2.38. The van der Waals surface area contributed by atoms with Crippen LogP contribution < -0.4 is 10.1 Å². The third kappa shape index (κ3) is 3.60. The van der Waals surface area contributed by atoms with Crippen molar-refractivity contribution in [2.45, 2.75) is 46.1 Å². The summed E-state index contributed by atoms with van der Waals surface area (Å²) in [5.74, 6) is 2.99. The summed E-state index contributed by atoms with van der Waals surface area (Å²) in [5.41, 5.74) is 1.10. The Bertz CT molecular complexity index is 447. The van der Waals surface area contributed by atoms with Crippen LogP contribution in [0.2, 0.25) is 5.02 Å². The zero-order chi connectivity index (χ0) is 14.7. The Balaban J connectivity index is 2.11. The average molecular weight is 296 g/mol. The van der Waals surface area contributed by atoms with Crippen LogP contribution in [-0.4, -0.2) is 13.2 Å². The first-order valence-electron chi connectivity index (χ1n) is 7.61. The van der Waals surface area contributed by atoms with Gasteiger partial charge in [-0.2, -0.15) is 0 Å². The predicted octanol–water partition coefficient (Wildman–Crippen LogP) is 5.22. The van der Waals surface area contributed by atoms with Crippen LogP contribution in [0.1, 0.15) is 40.0 Å². The fourth-order valence-corrected chi connectivity index (χ4v) is 3.60. The second-order valence-electron chi connectivity index (χ2n) is 6.43. The quantitative estimate of drug-likeness (QED) is 0.822. The van der Waals surface area contributed by atoms with Crippen LogP contribution in [-0.2, 0) is 0 Å². The summed E-state index contributed by atoms with van der Waals surface area (Å²) in [6, 6.07) is 6.50. The fourth-order valence-electron chi connectivity index (χ4n) is 3.34. The van der Waals surface area contributed by atoms with Gasteiger partial charge in [-0.15, -0.1) is 0 Å². The van der Waals surface area contributed by atoms with Crippen LogP contribution >= 0.6 is 11.6 Å². The molecule has 3 heteroatoms. The molecule has 0 spiro atoms. The molecule has 1 fully saturated rings. The van der Waals surface area contributed by atoms with E-state index >= 15 is 0 Å². The van der Waals surface area contributed by atoms with Gasteiger partial charge in [-0.05, 0) is 48.8 Å². The number of rotatable bonds is 4. The van der Waals surface area contributed by atoms with Crippen LogP contribution in [0.25, 0.3) is 0 Å². The topological polar surface area (TPSA) is 21.3 Å². The second-order valence-corrected chi connectivity index (χ2v) is 6.83. The molecule has 1 aromatic rings. The maximum Gasteiger partial charge on any atom is 0.137 e. The van der Waals surface area contributed by atoms with Gasteiger partial charge in [0.2, 0.25) is 0 Å². The largest absolute Gasteiger partial charge is 0.495 e. The number of halogens is 1. The van der Waals surface area contributed by atoms with Gasteiger partial charge in [0, 0.05) is 11.7 Å². The molecule has 1 aliphatic carbocycles. The summed E-state index contributed by atoms with van der Waals surface area (Å²) in [6.07, 6.45) is 3.91. The smallest absolute Gasteiger partial charge is 0.137 e. The Kier molecular flexibility index (Phi) is 5.20. The molecule has 0 amide bonds. The van der Waals surface area contributed by atoms with Gasteiger partial charge < -0.3 is 10.1 Å². The lowest BCUT2D eigenvalue weighted by Crippen LogP contribution is -2.37. The summed E-state index contributed by atoms with van der Waals surface area (Å²) in [6.45, 7) is 7.01. The minimum Gasteiger partial charge on any atom is -0.495 e. The number of methoxy groups -OCH3 is 1. The van der Waals surface area contributed by atoms with E-state index in [1.54, 1.807) is 7.11 Å². The lowest BCUT2D eigenvalue weighted by molar-refractivity contribution is 0.212. The van der Waals surface area contributed by atoms with Crippen molar-refractivity contribution < 1.29 is 4.74 Å². The van der Waals surface area contributed by atoms with E-state index in [1.165, 1.54) is 19.3 Å². The highest BCUT2D eigenvalue weighted by Gasteiger charge is 2.30. The van der Waals surface area contributed by atoms with Crippen molar-refractivity contribution in [3.63, 3.8) is 0 Å². The maximum atomic E-state index is 6.21. The van der Waals surface area contributed by atoms with E-state index in [-0.39, 0.29) is 0 Å². The molecule has 20 heavy (non-hydrogen) atoms. The highest BCUT2D eigenvalue weighted by atomic mass is 35.5. The zero-order valence-corrected chi connectivity index (χ0v) is 13.7. The van der Waals surface area contributed by atoms with Crippen molar-refractivity contribution in [1.29, 1.82) is 0 Å². The van der Waals surface area contributed by atoms with Gasteiger partial charge >= 0.3 is 0 Å². The third-order valence-corrected chi connectivity index (χ3v) is 4.82. The van der Waals surface area contributed by atoms with Crippen LogP contribution in [0.3, 0.4) is 0 Å². The Labute approximate surface area is 127 Å². The minimum atomic E-state index is 0.545. The molecule has 1 N–H and O–H groups in total. The minimum absolute atomic E-state index is 0.545. The molecule has 0 aliphatic heterocycles. The Hall–Kier alpha value is -0.890. The van der Waals surface area contributed by atoms with E-state index in [0.717, 1.165) is 23.3 Å². The fraction of sp³-hybridized carbons (Fsp3) is 0.647. The molecule has 1 aromatic carbocycles. The first-order valence-corrected chi connectivity index (χ1v) is 7.99. The van der Waals surface area contributed by atoms with Crippen LogP contribution in [0.5, 0.6) is 5.75 Å². The van der Waals surface area contributed by atoms with E-state index in [9.17, 15) is 0 Å². The Morgan fingerprint density at radius 1 is 1.30 bits per heavy atom. The van der Waals surface area contributed by atoms with Gasteiger partial charge in [-0.25, -0.2) is 0 Å². The van der Waals surface area contributed by atoms with Gasteiger partial charge in [0.15, 0.2) is 0 Å². The molecular formula is C17H26ClNO. The highest BCUT2D eigenvalue weighted by molar-refractivity contribution is 6.32. The molecule has 0 saturated heterocycles. The number of benzene rings is 1. The van der Waals surface area contributed by atoms with Crippen molar-refractivity contribution >= 4 is 17.3 Å². The zero-order valence-electron chi connectivity index (χ0n) is 12.9. The molecule has 0 heterocycles. The number of anilines is 1. The molecule has 1 saturated carbocycles. The summed E-state index contributed by atoms with van der Waals surface area (Å²) >= 11 is 6.21. The molecule has 3 atom stereocenters. The van der Waals surface area contributed by atoms with Gasteiger partial charge in [-0.3, -0.25) is 0 Å². The molecule has 3 unspecified atom stereocenters. The van der Waals surface area contributed by atoms with Crippen LogP contribution in [0.15, 0.2) is 18.2 Å². The maximum absolute atomic E-state index is 6.21. The third-order valence-electron chi connectivity index (χ3n) is 4.53. The number of hydrogen-bond acceptors (Lipinski definition) is 2. The Morgan fingerprint density at radius 2 is 2.05 bits per heavy atom. The molecule has 0 bridgehead atoms. The number of nitrogens with one attached hydrogen (secondary N) is 1. The highest BCUT2D eigenvalue weighted by Crippen LogP contribution is 2.36. The van der Waals surface area contributed by atoms with Crippen LogP contribution in [0.4, 0.5) is 5.69 Å². The van der Waals surface area contributed by atoms with Gasteiger partial charge in [0.25, 0.3) is 0 Å². The molecule has 1 aliphatic rings. The molecular weight excluding hydrogens is 270 g/mol. The predicted molar refractivity (Wildman–Crippen MR) is 86.8 cm³/mol. The summed E-state index contributed by atoms with van der Waals surface area (Å²) < 4.78 is 5.21. The van der Waals surface area contributed by atoms with Gasteiger partial charge in [-0.1, -0.05) is 38.8 Å². The standard InChI is InChI=1S/C17H26ClNO/c1-11(2)14-7-5-12(3)9-16(14)19-13-6-8-17(20-4)15(18)10-13/h6,8,10-12,14,16,19H,5,7,9H2,1-4H3. The van der Waals surface area contributed by atoms with E-state index in [2.05, 4.69) is 32.2 Å². The van der Waals surface area contributed by atoms with Crippen molar-refractivity contribution in [1.82, 2.24) is 0 Å².